The van der Waals surface area contributed by atoms with Crippen molar-refractivity contribution >= 4 is 5.97 Å². The zero-order valence-electron chi connectivity index (χ0n) is 6.55. The molecule has 66 valence electrons. The number of carbonyl (C=O) groups is 1. The molecule has 0 radical (unpaired) electrons. The topological polar surface area (TPSA) is 70.4 Å². The Bertz CT molecular complexity index is 174. The van der Waals surface area contributed by atoms with Gasteiger partial charge in [0.1, 0.15) is 0 Å². The van der Waals surface area contributed by atoms with Crippen LogP contribution in [-0.4, -0.2) is 27.8 Å². The first kappa shape index (κ1) is 10.6. The van der Waals surface area contributed by atoms with Gasteiger partial charge >= 0.3 is 5.97 Å². The zero-order valence-corrected chi connectivity index (χ0v) is 6.55. The van der Waals surface area contributed by atoms with E-state index in [2.05, 4.69) is 4.98 Å². The smallest absolute Gasteiger partial charge is 0.305 e. The van der Waals surface area contributed by atoms with Crippen molar-refractivity contribution in [3.63, 3.8) is 0 Å². The second kappa shape index (κ2) is 7.68. The van der Waals surface area contributed by atoms with E-state index in [1.165, 1.54) is 0 Å². The minimum atomic E-state index is -0.961. The lowest BCUT2D eigenvalue weighted by Crippen LogP contribution is -1.96. The van der Waals surface area contributed by atoms with E-state index in [1.807, 2.05) is 18.2 Å². The van der Waals surface area contributed by atoms with E-state index >= 15 is 0 Å². The molecular weight excluding hydrogens is 158 g/mol. The lowest BCUT2D eigenvalue weighted by atomic mass is 10.5. The molecule has 0 saturated carbocycles. The van der Waals surface area contributed by atoms with Crippen LogP contribution < -0.4 is 0 Å². The molecular formula is C8H11NO3. The van der Waals surface area contributed by atoms with Gasteiger partial charge in [0.2, 0.25) is 0 Å². The summed E-state index contributed by atoms with van der Waals surface area (Å²) in [6, 6.07) is 5.72. The van der Waals surface area contributed by atoms with Crippen molar-refractivity contribution in [3.05, 3.63) is 30.6 Å². The van der Waals surface area contributed by atoms with E-state index in [0.717, 1.165) is 0 Å². The maximum atomic E-state index is 9.44. The highest BCUT2D eigenvalue weighted by molar-refractivity contribution is 5.66. The third-order valence-electron chi connectivity index (χ3n) is 0.892. The van der Waals surface area contributed by atoms with Crippen molar-refractivity contribution in [1.29, 1.82) is 0 Å². The van der Waals surface area contributed by atoms with E-state index in [-0.39, 0.29) is 13.0 Å². The van der Waals surface area contributed by atoms with Crippen LogP contribution in [0.3, 0.4) is 0 Å². The van der Waals surface area contributed by atoms with Gasteiger partial charge in [-0.2, -0.15) is 0 Å². The lowest BCUT2D eigenvalue weighted by molar-refractivity contribution is -0.137. The number of aliphatic hydroxyl groups is 1. The quantitative estimate of drug-likeness (QED) is 0.677. The number of carboxylic acids is 1. The number of hydrogen-bond acceptors (Lipinski definition) is 3. The fourth-order valence-corrected chi connectivity index (χ4v) is 0.408. The van der Waals surface area contributed by atoms with E-state index in [0.29, 0.717) is 0 Å². The van der Waals surface area contributed by atoms with Gasteiger partial charge in [-0.25, -0.2) is 0 Å². The highest BCUT2D eigenvalue weighted by atomic mass is 16.4. The van der Waals surface area contributed by atoms with E-state index in [4.69, 9.17) is 10.2 Å². The van der Waals surface area contributed by atoms with Crippen molar-refractivity contribution in [3.8, 4) is 0 Å². The molecule has 1 rings (SSSR count). The summed E-state index contributed by atoms with van der Waals surface area (Å²) in [5.74, 6) is -0.961. The molecule has 0 spiro atoms. The summed E-state index contributed by atoms with van der Waals surface area (Å²) in [4.78, 5) is 13.2. The highest BCUT2D eigenvalue weighted by Crippen LogP contribution is 1.73. The Labute approximate surface area is 70.5 Å². The van der Waals surface area contributed by atoms with Crippen LogP contribution in [0.4, 0.5) is 0 Å². The fourth-order valence-electron chi connectivity index (χ4n) is 0.408. The molecule has 0 amide bonds. The summed E-state index contributed by atoms with van der Waals surface area (Å²) < 4.78 is 0. The van der Waals surface area contributed by atoms with Gasteiger partial charge in [0.25, 0.3) is 0 Å². The fraction of sp³-hybridized carbons (Fsp3) is 0.250. The first-order valence-electron chi connectivity index (χ1n) is 3.45. The number of rotatable bonds is 2. The van der Waals surface area contributed by atoms with E-state index in [1.54, 1.807) is 12.4 Å². The monoisotopic (exact) mass is 169 g/mol. The average Bonchev–Trinajstić information content (AvgIpc) is 2.08. The van der Waals surface area contributed by atoms with Gasteiger partial charge in [-0.15, -0.1) is 0 Å². The van der Waals surface area contributed by atoms with Crippen LogP contribution in [0.15, 0.2) is 30.6 Å². The maximum absolute atomic E-state index is 9.44. The molecule has 4 heteroatoms. The number of aliphatic hydroxyl groups excluding tert-OH is 1. The van der Waals surface area contributed by atoms with Crippen molar-refractivity contribution in [2.45, 2.75) is 6.42 Å². The Morgan fingerprint density at radius 3 is 1.92 bits per heavy atom. The van der Waals surface area contributed by atoms with Crippen molar-refractivity contribution in [2.75, 3.05) is 6.61 Å². The molecule has 0 aliphatic heterocycles. The van der Waals surface area contributed by atoms with E-state index in [9.17, 15) is 4.79 Å². The minimum Gasteiger partial charge on any atom is -0.481 e. The lowest BCUT2D eigenvalue weighted by Gasteiger charge is -1.79. The molecule has 1 aromatic rings. The van der Waals surface area contributed by atoms with Crippen LogP contribution in [0.1, 0.15) is 6.42 Å². The number of aromatic nitrogens is 1. The maximum Gasteiger partial charge on any atom is 0.305 e. The van der Waals surface area contributed by atoms with Gasteiger partial charge < -0.3 is 10.2 Å². The van der Waals surface area contributed by atoms with Crippen LogP contribution in [0.5, 0.6) is 0 Å². The van der Waals surface area contributed by atoms with Gasteiger partial charge in [-0.05, 0) is 12.1 Å². The van der Waals surface area contributed by atoms with Crippen LogP contribution in [0.2, 0.25) is 0 Å². The summed E-state index contributed by atoms with van der Waals surface area (Å²) in [5.41, 5.74) is 0. The molecule has 0 bridgehead atoms. The molecule has 4 nitrogen and oxygen atoms in total. The molecule has 2 N–H and O–H groups in total. The molecule has 0 fully saturated rings. The summed E-state index contributed by atoms with van der Waals surface area (Å²) >= 11 is 0. The molecule has 1 heterocycles. The third-order valence-corrected chi connectivity index (χ3v) is 0.892. The summed E-state index contributed by atoms with van der Waals surface area (Å²) in [7, 11) is 0. The summed E-state index contributed by atoms with van der Waals surface area (Å²) in [6.45, 7) is -0.269. The van der Waals surface area contributed by atoms with Crippen molar-refractivity contribution in [2.24, 2.45) is 0 Å². The average molecular weight is 169 g/mol. The standard InChI is InChI=1S/C5H5N.C3H6O3/c1-2-4-6-5-3-1;4-2-1-3(5)6/h1-5H;4H,1-2H2,(H,5,6). The van der Waals surface area contributed by atoms with Gasteiger partial charge in [0.05, 0.1) is 13.0 Å². The number of pyridine rings is 1. The molecule has 0 aromatic carbocycles. The van der Waals surface area contributed by atoms with Crippen LogP contribution in [-0.2, 0) is 4.79 Å². The number of aliphatic carboxylic acids is 1. The van der Waals surface area contributed by atoms with E-state index < -0.39 is 5.97 Å². The predicted molar refractivity (Wildman–Crippen MR) is 43.6 cm³/mol. The Morgan fingerprint density at radius 2 is 1.83 bits per heavy atom. The summed E-state index contributed by atoms with van der Waals surface area (Å²) in [6.07, 6.45) is 3.35. The Hall–Kier alpha value is -1.42. The van der Waals surface area contributed by atoms with Gasteiger partial charge in [0, 0.05) is 12.4 Å². The van der Waals surface area contributed by atoms with Crippen molar-refractivity contribution < 1.29 is 15.0 Å². The number of hydrogen-bond donors (Lipinski definition) is 2. The highest BCUT2D eigenvalue weighted by Gasteiger charge is 1.88. The van der Waals surface area contributed by atoms with Crippen LogP contribution in [0.25, 0.3) is 0 Å². The molecule has 1 aromatic heterocycles. The first-order chi connectivity index (χ1) is 5.77. The second-order valence-corrected chi connectivity index (χ2v) is 1.89. The first-order valence-corrected chi connectivity index (χ1v) is 3.45. The number of carboxylic acid groups (broad SMARTS) is 1. The molecule has 0 aliphatic rings. The molecule has 0 atom stereocenters. The normalized spacial score (nSPS) is 8.08. The predicted octanol–water partition coefficient (Wildman–Crippen LogP) is 0.535. The molecule has 0 unspecified atom stereocenters. The SMILES string of the molecule is O=C(O)CCO.c1ccncc1. The van der Waals surface area contributed by atoms with Crippen LogP contribution in [0, 0.1) is 0 Å². The summed E-state index contributed by atoms with van der Waals surface area (Å²) in [5, 5.41) is 15.6. The Kier molecular flexibility index (Phi) is 6.78. The second-order valence-electron chi connectivity index (χ2n) is 1.89. The van der Waals surface area contributed by atoms with Crippen LogP contribution >= 0.6 is 0 Å². The zero-order chi connectivity index (χ0) is 9.23. The number of nitrogens with zero attached hydrogens (tertiary/aromatic N) is 1. The van der Waals surface area contributed by atoms with Crippen molar-refractivity contribution in [1.82, 2.24) is 4.98 Å². The molecule has 0 saturated heterocycles. The molecule has 12 heavy (non-hydrogen) atoms. The third kappa shape index (κ3) is 8.58. The van der Waals surface area contributed by atoms with Gasteiger partial charge in [-0.3, -0.25) is 9.78 Å². The Balaban J connectivity index is 0.000000202. The minimum absolute atomic E-state index is 0.153. The Morgan fingerprint density at radius 1 is 1.25 bits per heavy atom. The van der Waals surface area contributed by atoms with Gasteiger partial charge in [0.15, 0.2) is 0 Å². The largest absolute Gasteiger partial charge is 0.481 e. The van der Waals surface area contributed by atoms with Gasteiger partial charge in [-0.1, -0.05) is 6.07 Å². The molecule has 0 aliphatic carbocycles.